The first kappa shape index (κ1) is 11.5. The molecule has 0 fully saturated rings. The molecule has 3 aromatic rings. The zero-order valence-electron chi connectivity index (χ0n) is 10.6. The Balaban J connectivity index is 1.78. The number of hydrogen-bond donors (Lipinski definition) is 1. The highest BCUT2D eigenvalue weighted by Crippen LogP contribution is 2.17. The van der Waals surface area contributed by atoms with E-state index < -0.39 is 0 Å². The summed E-state index contributed by atoms with van der Waals surface area (Å²) in [6.07, 6.45) is 0. The first-order valence-electron chi connectivity index (χ1n) is 6.03. The first-order chi connectivity index (χ1) is 9.36. The molecule has 0 aliphatic heterocycles. The number of methoxy groups -OCH3 is 1. The largest absolute Gasteiger partial charge is 0.497 e. The van der Waals surface area contributed by atoms with E-state index in [4.69, 9.17) is 4.74 Å². The molecule has 0 unspecified atom stereocenters. The van der Waals surface area contributed by atoms with Crippen LogP contribution >= 0.6 is 0 Å². The fourth-order valence-electron chi connectivity index (χ4n) is 1.93. The van der Waals surface area contributed by atoms with E-state index in [-0.39, 0.29) is 0 Å². The summed E-state index contributed by atoms with van der Waals surface area (Å²) < 4.78 is 7.02. The molecule has 0 radical (unpaired) electrons. The molecule has 96 valence electrons. The fraction of sp³-hybridized carbons (Fsp3) is 0.143. The maximum atomic E-state index is 5.19. The van der Waals surface area contributed by atoms with Crippen molar-refractivity contribution < 1.29 is 4.74 Å². The van der Waals surface area contributed by atoms with Gasteiger partial charge in [-0.05, 0) is 24.3 Å². The Kier molecular flexibility index (Phi) is 3.02. The number of aromatic nitrogens is 3. The Labute approximate surface area is 110 Å². The number of nitrogens with one attached hydrogen (secondary N) is 1. The molecule has 5 heteroatoms. The van der Waals surface area contributed by atoms with Crippen molar-refractivity contribution in [3.05, 3.63) is 48.5 Å². The van der Waals surface area contributed by atoms with Crippen LogP contribution in [-0.2, 0) is 6.67 Å². The SMILES string of the molecule is COc1cccc(NCn2nnc3ccccc32)c1. The van der Waals surface area contributed by atoms with Crippen molar-refractivity contribution in [3.8, 4) is 5.75 Å². The quantitative estimate of drug-likeness (QED) is 0.777. The molecule has 0 atom stereocenters. The standard InChI is InChI=1S/C14H14N4O/c1-19-12-6-4-5-11(9-12)15-10-18-14-8-3-2-7-13(14)16-17-18/h2-9,15H,10H2,1H3. The molecule has 0 spiro atoms. The van der Waals surface area contributed by atoms with Crippen LogP contribution in [0, 0.1) is 0 Å². The molecule has 2 aromatic carbocycles. The topological polar surface area (TPSA) is 52.0 Å². The van der Waals surface area contributed by atoms with Crippen molar-refractivity contribution in [3.63, 3.8) is 0 Å². The monoisotopic (exact) mass is 254 g/mol. The number of para-hydroxylation sites is 1. The Morgan fingerprint density at radius 1 is 1.16 bits per heavy atom. The van der Waals surface area contributed by atoms with Crippen molar-refractivity contribution in [2.24, 2.45) is 0 Å². The van der Waals surface area contributed by atoms with Crippen LogP contribution in [0.5, 0.6) is 5.75 Å². The van der Waals surface area contributed by atoms with Gasteiger partial charge >= 0.3 is 0 Å². The van der Waals surface area contributed by atoms with Gasteiger partial charge in [0.25, 0.3) is 0 Å². The van der Waals surface area contributed by atoms with Gasteiger partial charge in [0.1, 0.15) is 17.9 Å². The Hall–Kier alpha value is -2.56. The third kappa shape index (κ3) is 2.35. The van der Waals surface area contributed by atoms with Gasteiger partial charge in [-0.25, -0.2) is 4.68 Å². The number of benzene rings is 2. The van der Waals surface area contributed by atoms with Crippen LogP contribution in [0.2, 0.25) is 0 Å². The smallest absolute Gasteiger partial charge is 0.120 e. The second kappa shape index (κ2) is 4.97. The molecule has 0 bridgehead atoms. The minimum Gasteiger partial charge on any atom is -0.497 e. The maximum absolute atomic E-state index is 5.19. The Bertz CT molecular complexity index is 692. The van der Waals surface area contributed by atoms with Gasteiger partial charge in [-0.15, -0.1) is 5.10 Å². The predicted octanol–water partition coefficient (Wildman–Crippen LogP) is 2.51. The highest BCUT2D eigenvalue weighted by molar-refractivity contribution is 5.73. The summed E-state index contributed by atoms with van der Waals surface area (Å²) in [5, 5.41) is 11.5. The number of anilines is 1. The second-order valence-corrected chi connectivity index (χ2v) is 4.14. The molecule has 1 aromatic heterocycles. The second-order valence-electron chi connectivity index (χ2n) is 4.14. The molecule has 3 rings (SSSR count). The first-order valence-corrected chi connectivity index (χ1v) is 6.03. The minimum absolute atomic E-state index is 0.563. The lowest BCUT2D eigenvalue weighted by Gasteiger charge is -2.08. The molecule has 0 amide bonds. The van der Waals surface area contributed by atoms with Crippen LogP contribution in [0.15, 0.2) is 48.5 Å². The van der Waals surface area contributed by atoms with Crippen molar-refractivity contribution in [1.82, 2.24) is 15.0 Å². The number of nitrogens with zero attached hydrogens (tertiary/aromatic N) is 3. The zero-order chi connectivity index (χ0) is 13.1. The summed E-state index contributed by atoms with van der Waals surface area (Å²) in [6.45, 7) is 0.563. The molecule has 0 saturated heterocycles. The average molecular weight is 254 g/mol. The van der Waals surface area contributed by atoms with Gasteiger partial charge in [0.05, 0.1) is 12.6 Å². The number of fused-ring (bicyclic) bond motifs is 1. The van der Waals surface area contributed by atoms with Crippen LogP contribution in [0.4, 0.5) is 5.69 Å². The van der Waals surface area contributed by atoms with Gasteiger partial charge < -0.3 is 10.1 Å². The third-order valence-corrected chi connectivity index (χ3v) is 2.92. The number of rotatable bonds is 4. The summed E-state index contributed by atoms with van der Waals surface area (Å²) in [6, 6.07) is 15.7. The van der Waals surface area contributed by atoms with Crippen molar-refractivity contribution in [2.75, 3.05) is 12.4 Å². The van der Waals surface area contributed by atoms with Gasteiger partial charge in [0, 0.05) is 11.8 Å². The molecule has 0 aliphatic carbocycles. The van der Waals surface area contributed by atoms with Crippen LogP contribution < -0.4 is 10.1 Å². The van der Waals surface area contributed by atoms with Crippen LogP contribution in [0.25, 0.3) is 11.0 Å². The summed E-state index contributed by atoms with van der Waals surface area (Å²) in [5.74, 6) is 0.827. The van der Waals surface area contributed by atoms with Gasteiger partial charge in [0.2, 0.25) is 0 Å². The summed E-state index contributed by atoms with van der Waals surface area (Å²) in [7, 11) is 1.66. The minimum atomic E-state index is 0.563. The molecule has 1 N–H and O–H groups in total. The van der Waals surface area contributed by atoms with E-state index in [1.165, 1.54) is 0 Å². The number of ether oxygens (including phenoxy) is 1. The van der Waals surface area contributed by atoms with Gasteiger partial charge in [-0.1, -0.05) is 23.4 Å². The lowest BCUT2D eigenvalue weighted by molar-refractivity contribution is 0.415. The Morgan fingerprint density at radius 3 is 2.95 bits per heavy atom. The molecule has 19 heavy (non-hydrogen) atoms. The van der Waals surface area contributed by atoms with E-state index >= 15 is 0 Å². The normalized spacial score (nSPS) is 10.6. The van der Waals surface area contributed by atoms with E-state index in [1.807, 2.05) is 53.2 Å². The van der Waals surface area contributed by atoms with Gasteiger partial charge in [0.15, 0.2) is 0 Å². The van der Waals surface area contributed by atoms with E-state index in [0.29, 0.717) is 6.67 Å². The molecule has 0 saturated carbocycles. The van der Waals surface area contributed by atoms with Gasteiger partial charge in [-0.3, -0.25) is 0 Å². The average Bonchev–Trinajstić information content (AvgIpc) is 2.89. The zero-order valence-corrected chi connectivity index (χ0v) is 10.6. The molecule has 1 heterocycles. The van der Waals surface area contributed by atoms with E-state index in [0.717, 1.165) is 22.5 Å². The van der Waals surface area contributed by atoms with Gasteiger partial charge in [-0.2, -0.15) is 0 Å². The number of hydrogen-bond acceptors (Lipinski definition) is 4. The van der Waals surface area contributed by atoms with Crippen LogP contribution in [0.3, 0.4) is 0 Å². The van der Waals surface area contributed by atoms with E-state index in [2.05, 4.69) is 15.6 Å². The third-order valence-electron chi connectivity index (χ3n) is 2.92. The highest BCUT2D eigenvalue weighted by atomic mass is 16.5. The van der Waals surface area contributed by atoms with Crippen molar-refractivity contribution in [2.45, 2.75) is 6.67 Å². The summed E-state index contributed by atoms with van der Waals surface area (Å²) in [5.41, 5.74) is 2.90. The molecule has 5 nitrogen and oxygen atoms in total. The predicted molar refractivity (Wildman–Crippen MR) is 74.1 cm³/mol. The lowest BCUT2D eigenvalue weighted by Crippen LogP contribution is -2.09. The fourth-order valence-corrected chi connectivity index (χ4v) is 1.93. The van der Waals surface area contributed by atoms with E-state index in [9.17, 15) is 0 Å². The van der Waals surface area contributed by atoms with Crippen molar-refractivity contribution in [1.29, 1.82) is 0 Å². The maximum Gasteiger partial charge on any atom is 0.120 e. The molecular formula is C14H14N4O. The summed E-state index contributed by atoms with van der Waals surface area (Å²) in [4.78, 5) is 0. The van der Waals surface area contributed by atoms with E-state index in [1.54, 1.807) is 7.11 Å². The summed E-state index contributed by atoms with van der Waals surface area (Å²) >= 11 is 0. The van der Waals surface area contributed by atoms with Crippen LogP contribution in [-0.4, -0.2) is 22.1 Å². The van der Waals surface area contributed by atoms with Crippen molar-refractivity contribution >= 4 is 16.7 Å². The highest BCUT2D eigenvalue weighted by Gasteiger charge is 2.02. The van der Waals surface area contributed by atoms with Crippen LogP contribution in [0.1, 0.15) is 0 Å². The Morgan fingerprint density at radius 2 is 2.05 bits per heavy atom. The molecule has 0 aliphatic rings. The lowest BCUT2D eigenvalue weighted by atomic mass is 10.3. The molecular weight excluding hydrogens is 240 g/mol.